The van der Waals surface area contributed by atoms with Gasteiger partial charge in [-0.25, -0.2) is 0 Å². The second-order valence-corrected chi connectivity index (χ2v) is 8.05. The lowest BCUT2D eigenvalue weighted by atomic mass is 10.0. The fourth-order valence-electron chi connectivity index (χ4n) is 3.44. The van der Waals surface area contributed by atoms with Crippen LogP contribution in [0, 0.1) is 0 Å². The zero-order valence-electron chi connectivity index (χ0n) is 17.7. The van der Waals surface area contributed by atoms with E-state index in [1.54, 1.807) is 12.1 Å². The Kier molecular flexibility index (Phi) is 6.57. The maximum atomic E-state index is 12.8. The van der Waals surface area contributed by atoms with Gasteiger partial charge in [0.2, 0.25) is 0 Å². The highest BCUT2D eigenvalue weighted by Crippen LogP contribution is 2.18. The normalized spacial score (nSPS) is 14.4. The van der Waals surface area contributed by atoms with Gasteiger partial charge in [-0.1, -0.05) is 26.0 Å². The zero-order valence-corrected chi connectivity index (χ0v) is 17.7. The van der Waals surface area contributed by atoms with Crippen molar-refractivity contribution in [3.8, 4) is 5.75 Å². The van der Waals surface area contributed by atoms with Crippen LogP contribution in [0.2, 0.25) is 0 Å². The summed E-state index contributed by atoms with van der Waals surface area (Å²) in [5, 5.41) is 0. The lowest BCUT2D eigenvalue weighted by molar-refractivity contribution is 0.0535. The minimum absolute atomic E-state index is 0.00511. The highest BCUT2D eigenvalue weighted by atomic mass is 16.5. The molecule has 2 amide bonds. The SMILES string of the molecule is CC(C)Oc1ccc(C(=O)N2CCN(C(=O)c3ccc(C(C)C)cc3)CC2)cc1. The number of rotatable bonds is 5. The first-order valence-electron chi connectivity index (χ1n) is 10.3. The van der Waals surface area contributed by atoms with E-state index in [4.69, 9.17) is 4.74 Å². The Morgan fingerprint density at radius 2 is 1.14 bits per heavy atom. The summed E-state index contributed by atoms with van der Waals surface area (Å²) in [7, 11) is 0. The molecule has 5 heteroatoms. The molecule has 0 atom stereocenters. The molecule has 0 N–H and O–H groups in total. The van der Waals surface area contributed by atoms with Gasteiger partial charge in [0.05, 0.1) is 6.10 Å². The molecular formula is C24H30N2O3. The van der Waals surface area contributed by atoms with Crippen LogP contribution in [0.3, 0.4) is 0 Å². The van der Waals surface area contributed by atoms with Crippen molar-refractivity contribution < 1.29 is 14.3 Å². The minimum atomic E-state index is -0.00511. The summed E-state index contributed by atoms with van der Waals surface area (Å²) in [5.41, 5.74) is 2.57. The van der Waals surface area contributed by atoms with Crippen molar-refractivity contribution in [1.29, 1.82) is 0 Å². The van der Waals surface area contributed by atoms with E-state index in [1.807, 2.05) is 60.0 Å². The van der Waals surface area contributed by atoms with Crippen LogP contribution in [0.4, 0.5) is 0 Å². The van der Waals surface area contributed by atoms with Crippen molar-refractivity contribution in [2.75, 3.05) is 26.2 Å². The van der Waals surface area contributed by atoms with Gasteiger partial charge < -0.3 is 14.5 Å². The molecule has 1 fully saturated rings. The number of piperazine rings is 1. The van der Waals surface area contributed by atoms with Crippen molar-refractivity contribution in [3.05, 3.63) is 65.2 Å². The number of hydrogen-bond donors (Lipinski definition) is 0. The molecule has 0 radical (unpaired) electrons. The van der Waals surface area contributed by atoms with E-state index >= 15 is 0 Å². The standard InChI is InChI=1S/C24H30N2O3/c1-17(2)19-5-7-20(8-6-19)23(27)25-13-15-26(16-14-25)24(28)21-9-11-22(12-10-21)29-18(3)4/h5-12,17-18H,13-16H2,1-4H3. The van der Waals surface area contributed by atoms with Crippen molar-refractivity contribution in [2.45, 2.75) is 39.7 Å². The predicted molar refractivity (Wildman–Crippen MR) is 115 cm³/mol. The average molecular weight is 395 g/mol. The molecule has 1 aliphatic heterocycles. The van der Waals surface area contributed by atoms with Gasteiger partial charge in [-0.15, -0.1) is 0 Å². The van der Waals surface area contributed by atoms with Crippen molar-refractivity contribution in [1.82, 2.24) is 9.80 Å². The number of ether oxygens (including phenoxy) is 1. The molecule has 5 nitrogen and oxygen atoms in total. The van der Waals surface area contributed by atoms with Gasteiger partial charge in [-0.05, 0) is 61.7 Å². The first-order valence-corrected chi connectivity index (χ1v) is 10.3. The number of hydrogen-bond acceptors (Lipinski definition) is 3. The van der Waals surface area contributed by atoms with Crippen LogP contribution in [-0.2, 0) is 0 Å². The Morgan fingerprint density at radius 3 is 1.52 bits per heavy atom. The van der Waals surface area contributed by atoms with Gasteiger partial charge in [0, 0.05) is 37.3 Å². The van der Waals surface area contributed by atoms with Crippen LogP contribution >= 0.6 is 0 Å². The molecule has 0 saturated carbocycles. The van der Waals surface area contributed by atoms with E-state index in [0.717, 1.165) is 5.75 Å². The quantitative estimate of drug-likeness (QED) is 0.764. The third kappa shape index (κ3) is 5.17. The second kappa shape index (κ2) is 9.12. The fraction of sp³-hybridized carbons (Fsp3) is 0.417. The maximum absolute atomic E-state index is 12.8. The molecule has 154 valence electrons. The van der Waals surface area contributed by atoms with Crippen LogP contribution in [-0.4, -0.2) is 53.9 Å². The van der Waals surface area contributed by atoms with Crippen LogP contribution in [0.25, 0.3) is 0 Å². The fourth-order valence-corrected chi connectivity index (χ4v) is 3.44. The Labute approximate surface area is 173 Å². The Morgan fingerprint density at radius 1 is 0.724 bits per heavy atom. The molecule has 0 unspecified atom stereocenters. The highest BCUT2D eigenvalue weighted by molar-refractivity contribution is 5.96. The van der Waals surface area contributed by atoms with Crippen LogP contribution in [0.15, 0.2) is 48.5 Å². The number of nitrogens with zero attached hydrogens (tertiary/aromatic N) is 2. The molecule has 0 aliphatic carbocycles. The lowest BCUT2D eigenvalue weighted by Gasteiger charge is -2.35. The molecule has 2 aromatic rings. The maximum Gasteiger partial charge on any atom is 0.253 e. The van der Waals surface area contributed by atoms with E-state index in [9.17, 15) is 9.59 Å². The first-order chi connectivity index (χ1) is 13.8. The van der Waals surface area contributed by atoms with Gasteiger partial charge in [0.15, 0.2) is 0 Å². The number of amides is 2. The van der Waals surface area contributed by atoms with E-state index in [0.29, 0.717) is 43.2 Å². The summed E-state index contributed by atoms with van der Waals surface area (Å²) in [6.07, 6.45) is 0.101. The smallest absolute Gasteiger partial charge is 0.253 e. The number of carbonyl (C=O) groups excluding carboxylic acids is 2. The van der Waals surface area contributed by atoms with Gasteiger partial charge in [-0.3, -0.25) is 9.59 Å². The average Bonchev–Trinajstić information content (AvgIpc) is 2.73. The van der Waals surface area contributed by atoms with Crippen molar-refractivity contribution in [3.63, 3.8) is 0 Å². The van der Waals surface area contributed by atoms with Crippen LogP contribution < -0.4 is 4.74 Å². The van der Waals surface area contributed by atoms with E-state index < -0.39 is 0 Å². The molecule has 0 aromatic heterocycles. The second-order valence-electron chi connectivity index (χ2n) is 8.05. The topological polar surface area (TPSA) is 49.9 Å². The highest BCUT2D eigenvalue weighted by Gasteiger charge is 2.25. The predicted octanol–water partition coefficient (Wildman–Crippen LogP) is 4.20. The van der Waals surface area contributed by atoms with E-state index in [-0.39, 0.29) is 17.9 Å². The Balaban J connectivity index is 1.56. The monoisotopic (exact) mass is 394 g/mol. The molecule has 1 saturated heterocycles. The third-order valence-corrected chi connectivity index (χ3v) is 5.15. The Hall–Kier alpha value is -2.82. The van der Waals surface area contributed by atoms with Crippen LogP contribution in [0.1, 0.15) is 59.9 Å². The summed E-state index contributed by atoms with van der Waals surface area (Å²) < 4.78 is 5.63. The van der Waals surface area contributed by atoms with Crippen LogP contribution in [0.5, 0.6) is 5.75 Å². The zero-order chi connectivity index (χ0) is 21.0. The lowest BCUT2D eigenvalue weighted by Crippen LogP contribution is -2.50. The number of benzene rings is 2. The van der Waals surface area contributed by atoms with E-state index in [2.05, 4.69) is 13.8 Å². The summed E-state index contributed by atoms with van der Waals surface area (Å²) in [4.78, 5) is 29.2. The molecule has 1 aliphatic rings. The molecule has 0 bridgehead atoms. The first kappa shape index (κ1) is 20.9. The summed E-state index contributed by atoms with van der Waals surface area (Å²) in [6.45, 7) is 10.4. The van der Waals surface area contributed by atoms with Gasteiger partial charge in [-0.2, -0.15) is 0 Å². The van der Waals surface area contributed by atoms with Crippen molar-refractivity contribution >= 4 is 11.8 Å². The molecule has 1 heterocycles. The molecule has 29 heavy (non-hydrogen) atoms. The minimum Gasteiger partial charge on any atom is -0.491 e. The third-order valence-electron chi connectivity index (χ3n) is 5.15. The molecule has 3 rings (SSSR count). The van der Waals surface area contributed by atoms with Gasteiger partial charge in [0.1, 0.15) is 5.75 Å². The summed E-state index contributed by atoms with van der Waals surface area (Å²) >= 11 is 0. The molecular weight excluding hydrogens is 364 g/mol. The summed E-state index contributed by atoms with van der Waals surface area (Å²) in [5.74, 6) is 1.23. The number of carbonyl (C=O) groups is 2. The van der Waals surface area contributed by atoms with Gasteiger partial charge >= 0.3 is 0 Å². The molecule has 2 aromatic carbocycles. The summed E-state index contributed by atoms with van der Waals surface area (Å²) in [6, 6.07) is 15.1. The largest absolute Gasteiger partial charge is 0.491 e. The van der Waals surface area contributed by atoms with Gasteiger partial charge in [0.25, 0.3) is 11.8 Å². The molecule has 0 spiro atoms. The Bertz CT molecular complexity index is 833. The van der Waals surface area contributed by atoms with E-state index in [1.165, 1.54) is 5.56 Å². The van der Waals surface area contributed by atoms with Crippen molar-refractivity contribution in [2.24, 2.45) is 0 Å².